The third-order valence-electron chi connectivity index (χ3n) is 4.71. The molecule has 3 heteroatoms. The summed E-state index contributed by atoms with van der Waals surface area (Å²) in [5.41, 5.74) is 2.92. The van der Waals surface area contributed by atoms with Crippen molar-refractivity contribution in [2.24, 2.45) is 0 Å². The lowest BCUT2D eigenvalue weighted by molar-refractivity contribution is 0.0844. The van der Waals surface area contributed by atoms with Gasteiger partial charge in [-0.3, -0.25) is 9.69 Å². The van der Waals surface area contributed by atoms with Crippen LogP contribution in [0.1, 0.15) is 48.7 Å². The van der Waals surface area contributed by atoms with E-state index in [-0.39, 0.29) is 11.8 Å². The number of nitrogens with zero attached hydrogens (tertiary/aromatic N) is 1. The van der Waals surface area contributed by atoms with E-state index in [9.17, 15) is 4.79 Å². The lowest BCUT2D eigenvalue weighted by Gasteiger charge is -2.26. The standard InChI is InChI=1S/C18H24N2O/c1-13-17(15-9-5-6-10-16(15)19-13)18(21)14(2)20-11-7-3-4-8-12-20/h5-6,9-10,14,19H,3-4,7-8,11-12H2,1-2H3/t14-/m0/s1. The Bertz CT molecular complexity index is 636. The van der Waals surface area contributed by atoms with Gasteiger partial charge in [-0.25, -0.2) is 0 Å². The Balaban J connectivity index is 1.90. The molecule has 0 amide bonds. The summed E-state index contributed by atoms with van der Waals surface area (Å²) < 4.78 is 0. The Kier molecular flexibility index (Phi) is 4.11. The molecule has 3 rings (SSSR count). The number of aryl methyl sites for hydroxylation is 1. The maximum atomic E-state index is 13.0. The van der Waals surface area contributed by atoms with Gasteiger partial charge in [0.15, 0.2) is 5.78 Å². The number of aromatic amines is 1. The summed E-state index contributed by atoms with van der Waals surface area (Å²) in [5.74, 6) is 0.256. The minimum atomic E-state index is -0.0268. The molecule has 1 aliphatic heterocycles. The van der Waals surface area contributed by atoms with Crippen molar-refractivity contribution in [3.05, 3.63) is 35.5 Å². The van der Waals surface area contributed by atoms with E-state index in [1.807, 2.05) is 31.2 Å². The van der Waals surface area contributed by atoms with Crippen molar-refractivity contribution >= 4 is 16.7 Å². The first-order valence-corrected chi connectivity index (χ1v) is 8.04. The number of ketones is 1. The van der Waals surface area contributed by atoms with Gasteiger partial charge in [0.25, 0.3) is 0 Å². The van der Waals surface area contributed by atoms with Crippen LogP contribution in [0.5, 0.6) is 0 Å². The summed E-state index contributed by atoms with van der Waals surface area (Å²) in [6, 6.07) is 8.06. The van der Waals surface area contributed by atoms with Gasteiger partial charge in [0.05, 0.1) is 6.04 Å². The number of carbonyl (C=O) groups excluding carboxylic acids is 1. The van der Waals surface area contributed by atoms with E-state index in [1.165, 1.54) is 25.7 Å². The van der Waals surface area contributed by atoms with Crippen molar-refractivity contribution in [2.75, 3.05) is 13.1 Å². The zero-order chi connectivity index (χ0) is 14.8. The van der Waals surface area contributed by atoms with Gasteiger partial charge in [-0.05, 0) is 45.8 Å². The number of Topliss-reactive ketones (excluding diaryl/α,β-unsaturated/α-hetero) is 1. The fraction of sp³-hybridized carbons (Fsp3) is 0.500. The monoisotopic (exact) mass is 284 g/mol. The van der Waals surface area contributed by atoms with Gasteiger partial charge in [0.2, 0.25) is 0 Å². The van der Waals surface area contributed by atoms with Crippen LogP contribution in [0, 0.1) is 6.92 Å². The fourth-order valence-corrected chi connectivity index (χ4v) is 3.45. The molecule has 21 heavy (non-hydrogen) atoms. The summed E-state index contributed by atoms with van der Waals surface area (Å²) in [5, 5.41) is 1.06. The van der Waals surface area contributed by atoms with Crippen molar-refractivity contribution in [3.63, 3.8) is 0 Å². The van der Waals surface area contributed by atoms with E-state index in [1.54, 1.807) is 0 Å². The number of benzene rings is 1. The molecule has 0 radical (unpaired) electrons. The van der Waals surface area contributed by atoms with Crippen molar-refractivity contribution < 1.29 is 4.79 Å². The molecule has 1 saturated heterocycles. The van der Waals surface area contributed by atoms with Crippen LogP contribution in [-0.2, 0) is 0 Å². The molecule has 112 valence electrons. The summed E-state index contributed by atoms with van der Waals surface area (Å²) in [6.07, 6.45) is 5.02. The molecule has 1 aliphatic rings. The first-order valence-electron chi connectivity index (χ1n) is 8.04. The molecule has 1 aromatic heterocycles. The van der Waals surface area contributed by atoms with E-state index < -0.39 is 0 Å². The van der Waals surface area contributed by atoms with Gasteiger partial charge < -0.3 is 4.98 Å². The Morgan fingerprint density at radius 2 is 1.81 bits per heavy atom. The van der Waals surface area contributed by atoms with E-state index >= 15 is 0 Å². The maximum Gasteiger partial charge on any atom is 0.182 e. The van der Waals surface area contributed by atoms with Crippen LogP contribution in [0.25, 0.3) is 10.9 Å². The quantitative estimate of drug-likeness (QED) is 0.867. The summed E-state index contributed by atoms with van der Waals surface area (Å²) >= 11 is 0. The third-order valence-corrected chi connectivity index (χ3v) is 4.71. The van der Waals surface area contributed by atoms with E-state index in [2.05, 4.69) is 16.8 Å². The van der Waals surface area contributed by atoms with Gasteiger partial charge in [-0.2, -0.15) is 0 Å². The molecular formula is C18H24N2O. The predicted molar refractivity (Wildman–Crippen MR) is 86.9 cm³/mol. The normalized spacial score (nSPS) is 18.6. The van der Waals surface area contributed by atoms with Crippen LogP contribution in [0.4, 0.5) is 0 Å². The third kappa shape index (κ3) is 2.75. The smallest absolute Gasteiger partial charge is 0.182 e. The zero-order valence-corrected chi connectivity index (χ0v) is 13.0. The SMILES string of the molecule is Cc1[nH]c2ccccc2c1C(=O)[C@H](C)N1CCCCCC1. The highest BCUT2D eigenvalue weighted by atomic mass is 16.1. The number of hydrogen-bond donors (Lipinski definition) is 1. The molecule has 2 aromatic rings. The molecule has 1 N–H and O–H groups in total. The van der Waals surface area contributed by atoms with Gasteiger partial charge >= 0.3 is 0 Å². The second-order valence-electron chi connectivity index (χ2n) is 6.16. The maximum absolute atomic E-state index is 13.0. The molecular weight excluding hydrogens is 260 g/mol. The van der Waals surface area contributed by atoms with Crippen LogP contribution in [0.15, 0.2) is 24.3 Å². The van der Waals surface area contributed by atoms with Crippen LogP contribution in [0.3, 0.4) is 0 Å². The molecule has 0 spiro atoms. The van der Waals surface area contributed by atoms with Gasteiger partial charge in [-0.15, -0.1) is 0 Å². The topological polar surface area (TPSA) is 36.1 Å². The first-order chi connectivity index (χ1) is 10.2. The molecule has 1 fully saturated rings. The van der Waals surface area contributed by atoms with Crippen molar-refractivity contribution in [3.8, 4) is 0 Å². The molecule has 0 aliphatic carbocycles. The number of fused-ring (bicyclic) bond motifs is 1. The second kappa shape index (κ2) is 6.02. The number of nitrogens with one attached hydrogen (secondary N) is 1. The highest BCUT2D eigenvalue weighted by Gasteiger charge is 2.26. The highest BCUT2D eigenvalue weighted by Crippen LogP contribution is 2.25. The molecule has 1 aromatic carbocycles. The van der Waals surface area contributed by atoms with E-state index in [0.717, 1.165) is 35.2 Å². The fourth-order valence-electron chi connectivity index (χ4n) is 3.45. The molecule has 3 nitrogen and oxygen atoms in total. The highest BCUT2D eigenvalue weighted by molar-refractivity contribution is 6.11. The molecule has 0 unspecified atom stereocenters. The van der Waals surface area contributed by atoms with Crippen LogP contribution < -0.4 is 0 Å². The summed E-state index contributed by atoms with van der Waals surface area (Å²) in [7, 11) is 0. The minimum Gasteiger partial charge on any atom is -0.358 e. The number of hydrogen-bond acceptors (Lipinski definition) is 2. The van der Waals surface area contributed by atoms with E-state index in [4.69, 9.17) is 0 Å². The van der Waals surface area contributed by atoms with E-state index in [0.29, 0.717) is 0 Å². The van der Waals surface area contributed by atoms with Crippen LogP contribution >= 0.6 is 0 Å². The molecule has 0 saturated carbocycles. The van der Waals surface area contributed by atoms with Crippen LogP contribution in [-0.4, -0.2) is 34.8 Å². The van der Waals surface area contributed by atoms with Gasteiger partial charge in [-0.1, -0.05) is 31.0 Å². The first kappa shape index (κ1) is 14.3. The summed E-state index contributed by atoms with van der Waals surface area (Å²) in [4.78, 5) is 18.7. The average Bonchev–Trinajstić information content (AvgIpc) is 2.67. The summed E-state index contributed by atoms with van der Waals surface area (Å²) in [6.45, 7) is 6.17. The Labute approximate surface area is 126 Å². The van der Waals surface area contributed by atoms with Crippen molar-refractivity contribution in [2.45, 2.75) is 45.6 Å². The average molecular weight is 284 g/mol. The number of carbonyl (C=O) groups is 1. The van der Waals surface area contributed by atoms with Gasteiger partial charge in [0, 0.05) is 22.2 Å². The minimum absolute atomic E-state index is 0.0268. The number of aromatic nitrogens is 1. The largest absolute Gasteiger partial charge is 0.358 e. The zero-order valence-electron chi connectivity index (χ0n) is 13.0. The number of rotatable bonds is 3. The number of para-hydroxylation sites is 1. The lowest BCUT2D eigenvalue weighted by atomic mass is 10.0. The number of likely N-dealkylation sites (tertiary alicyclic amines) is 1. The lowest BCUT2D eigenvalue weighted by Crippen LogP contribution is -2.39. The second-order valence-corrected chi connectivity index (χ2v) is 6.16. The van der Waals surface area contributed by atoms with Crippen LogP contribution in [0.2, 0.25) is 0 Å². The van der Waals surface area contributed by atoms with Crippen molar-refractivity contribution in [1.82, 2.24) is 9.88 Å². The number of H-pyrrole nitrogens is 1. The predicted octanol–water partition coefficient (Wildman–Crippen LogP) is 3.92. The molecule has 2 heterocycles. The molecule has 0 bridgehead atoms. The Hall–Kier alpha value is -1.61. The Morgan fingerprint density at radius 3 is 2.52 bits per heavy atom. The van der Waals surface area contributed by atoms with Gasteiger partial charge in [0.1, 0.15) is 0 Å². The van der Waals surface area contributed by atoms with Crippen molar-refractivity contribution in [1.29, 1.82) is 0 Å². The Morgan fingerprint density at radius 1 is 1.14 bits per heavy atom. The molecule has 1 atom stereocenters.